The highest BCUT2D eigenvalue weighted by molar-refractivity contribution is 5.88. The summed E-state index contributed by atoms with van der Waals surface area (Å²) < 4.78 is 4.94. The van der Waals surface area contributed by atoms with E-state index in [2.05, 4.69) is 15.2 Å². The maximum absolute atomic E-state index is 12.7. The number of nitrogens with zero attached hydrogens (tertiary/aromatic N) is 3. The number of nitrogens with one attached hydrogen (secondary N) is 1. The molecule has 2 amide bonds. The summed E-state index contributed by atoms with van der Waals surface area (Å²) in [5.41, 5.74) is 1.68. The van der Waals surface area contributed by atoms with E-state index in [0.29, 0.717) is 19.6 Å². The van der Waals surface area contributed by atoms with E-state index in [1.54, 1.807) is 4.90 Å². The van der Waals surface area contributed by atoms with Crippen molar-refractivity contribution in [2.75, 3.05) is 40.4 Å². The van der Waals surface area contributed by atoms with Crippen LogP contribution in [0.5, 0.6) is 0 Å². The molecule has 1 fully saturated rings. The number of fused-ring (bicyclic) bond motifs is 1. The first-order valence-corrected chi connectivity index (χ1v) is 8.68. The Hall–Kier alpha value is -2.51. The van der Waals surface area contributed by atoms with Gasteiger partial charge in [-0.25, -0.2) is 0 Å². The first-order valence-electron chi connectivity index (χ1n) is 8.68. The molecule has 1 N–H and O–H groups in total. The fraction of sp³-hybridized carbons (Fsp3) is 0.421. The highest BCUT2D eigenvalue weighted by Crippen LogP contribution is 2.13. The fourth-order valence-electron chi connectivity index (χ4n) is 3.15. The Kier molecular flexibility index (Phi) is 5.80. The summed E-state index contributed by atoms with van der Waals surface area (Å²) in [7, 11) is 3.43. The van der Waals surface area contributed by atoms with Gasteiger partial charge >= 0.3 is 0 Å². The Morgan fingerprint density at radius 1 is 1.23 bits per heavy atom. The number of aromatic nitrogens is 1. The number of hydrogen-bond donors (Lipinski definition) is 1. The fourth-order valence-corrected chi connectivity index (χ4v) is 3.15. The van der Waals surface area contributed by atoms with Crippen LogP contribution in [0.1, 0.15) is 5.69 Å². The first kappa shape index (κ1) is 18.3. The molecular formula is C19H24N4O3. The number of benzene rings is 1. The van der Waals surface area contributed by atoms with Crippen LogP contribution < -0.4 is 5.32 Å². The summed E-state index contributed by atoms with van der Waals surface area (Å²) in [6.45, 7) is 2.08. The number of amides is 2. The van der Waals surface area contributed by atoms with Crippen molar-refractivity contribution in [1.29, 1.82) is 0 Å². The molecule has 2 heterocycles. The molecule has 0 bridgehead atoms. The van der Waals surface area contributed by atoms with Gasteiger partial charge in [-0.2, -0.15) is 0 Å². The second kappa shape index (κ2) is 8.25. The molecule has 1 aliphatic rings. The number of methoxy groups -OCH3 is 1. The molecule has 1 aliphatic heterocycles. The Bertz CT molecular complexity index is 795. The van der Waals surface area contributed by atoms with Crippen molar-refractivity contribution >= 4 is 22.7 Å². The second-order valence-electron chi connectivity index (χ2n) is 6.51. The maximum atomic E-state index is 12.7. The third-order valence-corrected chi connectivity index (χ3v) is 4.57. The molecule has 1 aromatic heterocycles. The summed E-state index contributed by atoms with van der Waals surface area (Å²) in [6.07, 6.45) is 0. The van der Waals surface area contributed by atoms with E-state index >= 15 is 0 Å². The van der Waals surface area contributed by atoms with Gasteiger partial charge in [-0.1, -0.05) is 24.3 Å². The zero-order valence-electron chi connectivity index (χ0n) is 15.1. The van der Waals surface area contributed by atoms with E-state index in [4.69, 9.17) is 4.74 Å². The summed E-state index contributed by atoms with van der Waals surface area (Å²) in [4.78, 5) is 33.1. The SMILES string of the molecule is COCC(=O)N1CCN(C)CC1C(=O)NCc1ccc2ccccc2n1. The van der Waals surface area contributed by atoms with Crippen LogP contribution in [0.3, 0.4) is 0 Å². The number of pyridine rings is 1. The van der Waals surface area contributed by atoms with Crippen LogP contribution in [0.2, 0.25) is 0 Å². The molecule has 26 heavy (non-hydrogen) atoms. The van der Waals surface area contributed by atoms with E-state index in [1.165, 1.54) is 7.11 Å². The molecule has 1 atom stereocenters. The molecule has 138 valence electrons. The van der Waals surface area contributed by atoms with Crippen LogP contribution in [0.15, 0.2) is 36.4 Å². The van der Waals surface area contributed by atoms with Gasteiger partial charge in [-0.05, 0) is 19.2 Å². The van der Waals surface area contributed by atoms with Crippen LogP contribution in [0.25, 0.3) is 10.9 Å². The van der Waals surface area contributed by atoms with Crippen LogP contribution in [0.4, 0.5) is 0 Å². The topological polar surface area (TPSA) is 74.8 Å². The Morgan fingerprint density at radius 2 is 2.04 bits per heavy atom. The molecule has 0 saturated carbocycles. The molecule has 0 aliphatic carbocycles. The van der Waals surface area contributed by atoms with Crippen molar-refractivity contribution in [3.05, 3.63) is 42.1 Å². The first-order chi connectivity index (χ1) is 12.6. The zero-order chi connectivity index (χ0) is 18.5. The molecule has 1 unspecified atom stereocenters. The minimum atomic E-state index is -0.517. The monoisotopic (exact) mass is 356 g/mol. The standard InChI is InChI=1S/C19H24N4O3/c1-22-9-10-23(18(24)13-26-2)17(12-22)19(25)20-11-15-8-7-14-5-3-4-6-16(14)21-15/h3-8,17H,9-13H2,1-2H3,(H,20,25). The molecule has 0 radical (unpaired) electrons. The van der Waals surface area contributed by atoms with Crippen molar-refractivity contribution in [3.63, 3.8) is 0 Å². The lowest BCUT2D eigenvalue weighted by molar-refractivity contribution is -0.146. The van der Waals surface area contributed by atoms with Crippen molar-refractivity contribution < 1.29 is 14.3 Å². The smallest absolute Gasteiger partial charge is 0.249 e. The summed E-state index contributed by atoms with van der Waals surface area (Å²) in [5.74, 6) is -0.333. The number of hydrogen-bond acceptors (Lipinski definition) is 5. The molecule has 3 rings (SSSR count). The van der Waals surface area contributed by atoms with E-state index in [9.17, 15) is 9.59 Å². The Labute approximate surface area is 152 Å². The highest BCUT2D eigenvalue weighted by atomic mass is 16.5. The summed E-state index contributed by atoms with van der Waals surface area (Å²) in [5, 5.41) is 3.98. The van der Waals surface area contributed by atoms with Crippen molar-refractivity contribution in [3.8, 4) is 0 Å². The second-order valence-corrected chi connectivity index (χ2v) is 6.51. The zero-order valence-corrected chi connectivity index (χ0v) is 15.1. The van der Waals surface area contributed by atoms with Gasteiger partial charge in [0.15, 0.2) is 0 Å². The van der Waals surface area contributed by atoms with Gasteiger partial charge in [0.1, 0.15) is 12.6 Å². The average molecular weight is 356 g/mol. The third-order valence-electron chi connectivity index (χ3n) is 4.57. The number of piperazine rings is 1. The van der Waals surface area contributed by atoms with E-state index < -0.39 is 6.04 Å². The number of ether oxygens (including phenoxy) is 1. The van der Waals surface area contributed by atoms with Crippen molar-refractivity contribution in [1.82, 2.24) is 20.1 Å². The van der Waals surface area contributed by atoms with E-state index in [1.807, 2.05) is 43.4 Å². The van der Waals surface area contributed by atoms with Crippen LogP contribution in [-0.2, 0) is 20.9 Å². The van der Waals surface area contributed by atoms with Crippen molar-refractivity contribution in [2.24, 2.45) is 0 Å². The lowest BCUT2D eigenvalue weighted by Gasteiger charge is -2.38. The van der Waals surface area contributed by atoms with Crippen LogP contribution in [0, 0.1) is 0 Å². The maximum Gasteiger partial charge on any atom is 0.249 e. The van der Waals surface area contributed by atoms with Gasteiger partial charge in [0.25, 0.3) is 0 Å². The van der Waals surface area contributed by atoms with E-state index in [0.717, 1.165) is 23.1 Å². The largest absolute Gasteiger partial charge is 0.375 e. The molecule has 1 aromatic carbocycles. The van der Waals surface area contributed by atoms with Crippen LogP contribution in [-0.4, -0.2) is 73.0 Å². The van der Waals surface area contributed by atoms with Gasteiger partial charge in [0.2, 0.25) is 11.8 Å². The molecule has 2 aromatic rings. The number of likely N-dealkylation sites (N-methyl/N-ethyl adjacent to an activating group) is 1. The molecule has 1 saturated heterocycles. The minimum absolute atomic E-state index is 0.0142. The summed E-state index contributed by atoms with van der Waals surface area (Å²) >= 11 is 0. The van der Waals surface area contributed by atoms with Gasteiger partial charge < -0.3 is 19.9 Å². The van der Waals surface area contributed by atoms with Crippen LogP contribution >= 0.6 is 0 Å². The predicted octanol–water partition coefficient (Wildman–Crippen LogP) is 0.640. The highest BCUT2D eigenvalue weighted by Gasteiger charge is 2.33. The molecular weight excluding hydrogens is 332 g/mol. The average Bonchev–Trinajstić information content (AvgIpc) is 2.66. The third kappa shape index (κ3) is 4.17. The molecule has 0 spiro atoms. The number of para-hydroxylation sites is 1. The van der Waals surface area contributed by atoms with Gasteiger partial charge in [0.05, 0.1) is 17.8 Å². The normalized spacial score (nSPS) is 18.1. The van der Waals surface area contributed by atoms with Gasteiger partial charge in [-0.15, -0.1) is 0 Å². The lowest BCUT2D eigenvalue weighted by atomic mass is 10.1. The lowest BCUT2D eigenvalue weighted by Crippen LogP contribution is -2.60. The summed E-state index contributed by atoms with van der Waals surface area (Å²) in [6, 6.07) is 11.2. The Morgan fingerprint density at radius 3 is 2.85 bits per heavy atom. The molecule has 7 nitrogen and oxygen atoms in total. The quantitative estimate of drug-likeness (QED) is 0.851. The number of carbonyl (C=O) groups excluding carboxylic acids is 2. The number of rotatable bonds is 5. The predicted molar refractivity (Wildman–Crippen MR) is 98.5 cm³/mol. The van der Waals surface area contributed by atoms with Crippen molar-refractivity contribution in [2.45, 2.75) is 12.6 Å². The number of carbonyl (C=O) groups is 2. The Balaban J connectivity index is 1.67. The minimum Gasteiger partial charge on any atom is -0.375 e. The van der Waals surface area contributed by atoms with Gasteiger partial charge in [-0.3, -0.25) is 14.6 Å². The van der Waals surface area contributed by atoms with Gasteiger partial charge in [0, 0.05) is 32.1 Å². The van der Waals surface area contributed by atoms with E-state index in [-0.39, 0.29) is 18.4 Å². The molecule has 7 heteroatoms.